The van der Waals surface area contributed by atoms with Gasteiger partial charge in [0.15, 0.2) is 0 Å². The van der Waals surface area contributed by atoms with Gasteiger partial charge >= 0.3 is 0 Å². The van der Waals surface area contributed by atoms with Gasteiger partial charge in [-0.25, -0.2) is 0 Å². The van der Waals surface area contributed by atoms with E-state index in [1.165, 1.54) is 12.8 Å². The molecule has 1 N–H and O–H groups in total. The second kappa shape index (κ2) is 3.58. The number of rotatable bonds is 2. The summed E-state index contributed by atoms with van der Waals surface area (Å²) in [7, 11) is 0. The van der Waals surface area contributed by atoms with Gasteiger partial charge in [0.2, 0.25) is 0 Å². The molecule has 0 bridgehead atoms. The predicted octanol–water partition coefficient (Wildman–Crippen LogP) is 1.80. The molecule has 0 aromatic rings. The second-order valence-electron chi connectivity index (χ2n) is 4.82. The van der Waals surface area contributed by atoms with Gasteiger partial charge in [-0.1, -0.05) is 13.8 Å². The first kappa shape index (κ1) is 9.47. The van der Waals surface area contributed by atoms with E-state index in [0.717, 1.165) is 24.5 Å². The van der Waals surface area contributed by atoms with E-state index < -0.39 is 0 Å². The van der Waals surface area contributed by atoms with Gasteiger partial charge in [-0.05, 0) is 31.6 Å². The van der Waals surface area contributed by atoms with Crippen LogP contribution in [0.3, 0.4) is 0 Å². The van der Waals surface area contributed by atoms with Gasteiger partial charge in [-0.15, -0.1) is 0 Å². The van der Waals surface area contributed by atoms with Crippen LogP contribution in [0.15, 0.2) is 0 Å². The largest absolute Gasteiger partial charge is 0.377 e. The first-order valence-corrected chi connectivity index (χ1v) is 5.56. The van der Waals surface area contributed by atoms with Crippen molar-refractivity contribution in [3.05, 3.63) is 0 Å². The Labute approximate surface area is 81.0 Å². The van der Waals surface area contributed by atoms with E-state index in [1.807, 2.05) is 0 Å². The minimum atomic E-state index is 0.420. The highest BCUT2D eigenvalue weighted by atomic mass is 16.5. The van der Waals surface area contributed by atoms with Crippen LogP contribution < -0.4 is 5.32 Å². The zero-order valence-corrected chi connectivity index (χ0v) is 8.92. The van der Waals surface area contributed by atoms with Gasteiger partial charge in [0.25, 0.3) is 0 Å². The molecule has 1 saturated carbocycles. The third kappa shape index (κ3) is 1.75. The molecule has 1 aliphatic carbocycles. The highest BCUT2D eigenvalue weighted by Gasteiger charge is 2.37. The van der Waals surface area contributed by atoms with Gasteiger partial charge in [-0.2, -0.15) is 0 Å². The van der Waals surface area contributed by atoms with Gasteiger partial charge in [0.1, 0.15) is 0 Å². The molecule has 2 nitrogen and oxygen atoms in total. The molecule has 2 fully saturated rings. The van der Waals surface area contributed by atoms with E-state index >= 15 is 0 Å². The highest BCUT2D eigenvalue weighted by molar-refractivity contribution is 4.93. The summed E-state index contributed by atoms with van der Waals surface area (Å²) in [5, 5.41) is 3.72. The quantitative estimate of drug-likeness (QED) is 0.705. The van der Waals surface area contributed by atoms with E-state index in [-0.39, 0.29) is 0 Å². The van der Waals surface area contributed by atoms with Crippen LogP contribution in [-0.2, 0) is 4.74 Å². The topological polar surface area (TPSA) is 21.3 Å². The third-order valence-corrected chi connectivity index (χ3v) is 3.96. The van der Waals surface area contributed by atoms with Crippen molar-refractivity contribution in [3.63, 3.8) is 0 Å². The normalized spacial score (nSPS) is 50.5. The molecule has 0 aromatic carbocycles. The van der Waals surface area contributed by atoms with Crippen LogP contribution in [0.5, 0.6) is 0 Å². The lowest BCUT2D eigenvalue weighted by Gasteiger charge is -2.43. The molecule has 1 heterocycles. The maximum atomic E-state index is 5.53. The van der Waals surface area contributed by atoms with Crippen molar-refractivity contribution in [1.29, 1.82) is 0 Å². The Bertz CT molecular complexity index is 183. The molecule has 0 radical (unpaired) electrons. The van der Waals surface area contributed by atoms with Gasteiger partial charge in [0.05, 0.1) is 6.10 Å². The molecule has 2 aliphatic rings. The average molecular weight is 183 g/mol. The van der Waals surface area contributed by atoms with Crippen LogP contribution in [0, 0.1) is 11.8 Å². The summed E-state index contributed by atoms with van der Waals surface area (Å²) in [6.07, 6.45) is 2.96. The minimum Gasteiger partial charge on any atom is -0.377 e. The van der Waals surface area contributed by atoms with Crippen molar-refractivity contribution in [2.24, 2.45) is 11.8 Å². The number of hydrogen-bond acceptors (Lipinski definition) is 2. The number of nitrogens with one attached hydrogen (secondary N) is 1. The minimum absolute atomic E-state index is 0.420. The van der Waals surface area contributed by atoms with Crippen LogP contribution >= 0.6 is 0 Å². The molecule has 0 aromatic heterocycles. The molecule has 1 aliphatic heterocycles. The smallest absolute Gasteiger partial charge is 0.0700 e. The fourth-order valence-electron chi connectivity index (χ4n) is 2.48. The molecule has 76 valence electrons. The summed E-state index contributed by atoms with van der Waals surface area (Å²) >= 11 is 0. The molecule has 5 atom stereocenters. The molecular weight excluding hydrogens is 162 g/mol. The van der Waals surface area contributed by atoms with E-state index in [1.54, 1.807) is 0 Å². The Hall–Kier alpha value is -0.0800. The van der Waals surface area contributed by atoms with Crippen molar-refractivity contribution in [2.45, 2.75) is 51.8 Å². The van der Waals surface area contributed by atoms with E-state index in [2.05, 4.69) is 26.1 Å². The summed E-state index contributed by atoms with van der Waals surface area (Å²) in [6, 6.07) is 1.36. The van der Waals surface area contributed by atoms with Crippen molar-refractivity contribution in [1.82, 2.24) is 5.32 Å². The van der Waals surface area contributed by atoms with E-state index in [0.29, 0.717) is 12.1 Å². The van der Waals surface area contributed by atoms with Crippen LogP contribution in [0.1, 0.15) is 33.6 Å². The summed E-state index contributed by atoms with van der Waals surface area (Å²) in [5.74, 6) is 1.77. The monoisotopic (exact) mass is 183 g/mol. The summed E-state index contributed by atoms with van der Waals surface area (Å²) in [4.78, 5) is 0. The van der Waals surface area contributed by atoms with Crippen molar-refractivity contribution < 1.29 is 4.74 Å². The maximum absolute atomic E-state index is 5.53. The standard InChI is InChI=1S/C11H21NO/c1-7-6-11(8(7)2)12-10-4-5-13-9(10)3/h7-12H,4-6H2,1-3H3/t7?,8?,9-,10-,11?/m1/s1. The molecule has 0 amide bonds. The molecule has 13 heavy (non-hydrogen) atoms. The average Bonchev–Trinajstić information content (AvgIpc) is 2.51. The van der Waals surface area contributed by atoms with Gasteiger partial charge in [0, 0.05) is 18.7 Å². The Balaban J connectivity index is 1.78. The summed E-state index contributed by atoms with van der Waals surface area (Å²) in [5.41, 5.74) is 0. The Kier molecular flexibility index (Phi) is 2.61. The fourth-order valence-corrected chi connectivity index (χ4v) is 2.48. The van der Waals surface area contributed by atoms with Crippen LogP contribution in [0.4, 0.5) is 0 Å². The van der Waals surface area contributed by atoms with Crippen LogP contribution in [0.25, 0.3) is 0 Å². The van der Waals surface area contributed by atoms with Gasteiger partial charge < -0.3 is 10.1 Å². The van der Waals surface area contributed by atoms with Crippen LogP contribution in [0.2, 0.25) is 0 Å². The van der Waals surface area contributed by atoms with Crippen LogP contribution in [-0.4, -0.2) is 24.8 Å². The zero-order chi connectivity index (χ0) is 9.42. The molecule has 3 unspecified atom stereocenters. The summed E-state index contributed by atoms with van der Waals surface area (Å²) < 4.78 is 5.53. The predicted molar refractivity (Wildman–Crippen MR) is 53.7 cm³/mol. The van der Waals surface area contributed by atoms with Crippen molar-refractivity contribution in [2.75, 3.05) is 6.61 Å². The lowest BCUT2D eigenvalue weighted by atomic mass is 9.71. The van der Waals surface area contributed by atoms with E-state index in [4.69, 9.17) is 4.74 Å². The maximum Gasteiger partial charge on any atom is 0.0700 e. The Morgan fingerprint density at radius 3 is 2.38 bits per heavy atom. The number of hydrogen-bond donors (Lipinski definition) is 1. The van der Waals surface area contributed by atoms with Crippen molar-refractivity contribution in [3.8, 4) is 0 Å². The zero-order valence-electron chi connectivity index (χ0n) is 8.92. The molecule has 2 heteroatoms. The Morgan fingerprint density at radius 1 is 1.15 bits per heavy atom. The Morgan fingerprint density at radius 2 is 1.92 bits per heavy atom. The third-order valence-electron chi connectivity index (χ3n) is 3.96. The molecule has 0 spiro atoms. The molecular formula is C11H21NO. The molecule has 2 rings (SSSR count). The lowest BCUT2D eigenvalue weighted by Crippen LogP contribution is -2.53. The first-order chi connectivity index (χ1) is 6.18. The van der Waals surface area contributed by atoms with E-state index in [9.17, 15) is 0 Å². The van der Waals surface area contributed by atoms with Crippen molar-refractivity contribution >= 4 is 0 Å². The second-order valence-corrected chi connectivity index (χ2v) is 4.82. The molecule has 1 saturated heterocycles. The summed E-state index contributed by atoms with van der Waals surface area (Å²) in [6.45, 7) is 7.82. The SMILES string of the molecule is CC1CC(N[C@@H]2CCO[C@@H]2C)C1C. The fraction of sp³-hybridized carbons (Fsp3) is 1.00. The lowest BCUT2D eigenvalue weighted by molar-refractivity contribution is 0.0844. The highest BCUT2D eigenvalue weighted by Crippen LogP contribution is 2.34. The first-order valence-electron chi connectivity index (χ1n) is 5.56. The van der Waals surface area contributed by atoms with Gasteiger partial charge in [-0.3, -0.25) is 0 Å². The number of ether oxygens (including phenoxy) is 1.